The number of carbonyl (C=O) groups excluding carboxylic acids is 1. The van der Waals surface area contributed by atoms with Crippen molar-refractivity contribution >= 4 is 27.7 Å². The van der Waals surface area contributed by atoms with Gasteiger partial charge < -0.3 is 14.2 Å². The molecule has 0 fully saturated rings. The molecule has 1 N–H and O–H groups in total. The normalized spacial score (nSPS) is 16.6. The largest absolute Gasteiger partial charge is 0.496 e. The number of benzene rings is 1. The van der Waals surface area contributed by atoms with Crippen LogP contribution >= 0.6 is 0 Å². The average molecular weight is 363 g/mol. The van der Waals surface area contributed by atoms with E-state index in [1.54, 1.807) is 12.1 Å². The first-order valence-electron chi connectivity index (χ1n) is 7.59. The number of hydrogen-bond donors (Lipinski definition) is 1. The molecule has 0 saturated carbocycles. The van der Waals surface area contributed by atoms with Crippen molar-refractivity contribution in [2.45, 2.75) is 25.5 Å². The van der Waals surface area contributed by atoms with E-state index in [2.05, 4.69) is 15.3 Å². The number of methoxy groups -OCH3 is 1. The van der Waals surface area contributed by atoms with Gasteiger partial charge in [-0.3, -0.25) is 4.79 Å². The van der Waals surface area contributed by atoms with Gasteiger partial charge in [0, 0.05) is 12.5 Å². The van der Waals surface area contributed by atoms with Crippen LogP contribution in [-0.2, 0) is 14.9 Å². The quantitative estimate of drug-likeness (QED) is 0.795. The highest BCUT2D eigenvalue weighted by molar-refractivity contribution is 7.87. The van der Waals surface area contributed by atoms with E-state index < -0.39 is 15.4 Å². The Hall–Kier alpha value is -2.68. The topological polar surface area (TPSA) is 106 Å². The maximum absolute atomic E-state index is 11.9. The minimum Gasteiger partial charge on any atom is -0.496 e. The van der Waals surface area contributed by atoms with Crippen LogP contribution < -0.4 is 14.2 Å². The lowest BCUT2D eigenvalue weighted by Crippen LogP contribution is -2.33. The summed E-state index contributed by atoms with van der Waals surface area (Å²) < 4.78 is 34.2. The van der Waals surface area contributed by atoms with Gasteiger partial charge in [-0.05, 0) is 32.1 Å². The molecule has 132 valence electrons. The second-order valence-electron chi connectivity index (χ2n) is 5.72. The summed E-state index contributed by atoms with van der Waals surface area (Å²) >= 11 is 0. The van der Waals surface area contributed by atoms with Gasteiger partial charge in [-0.25, -0.2) is 9.98 Å². The lowest BCUT2D eigenvalue weighted by Gasteiger charge is -2.12. The summed E-state index contributed by atoms with van der Waals surface area (Å²) in [6.45, 7) is 3.07. The van der Waals surface area contributed by atoms with E-state index in [1.165, 1.54) is 33.1 Å². The number of fused-ring (bicyclic) bond motifs is 1. The number of amides is 1. The Morgan fingerprint density at radius 3 is 2.68 bits per heavy atom. The summed E-state index contributed by atoms with van der Waals surface area (Å²) in [6.07, 6.45) is 1.95. The van der Waals surface area contributed by atoms with Crippen molar-refractivity contribution in [3.05, 3.63) is 35.5 Å². The van der Waals surface area contributed by atoms with Gasteiger partial charge in [0.1, 0.15) is 17.2 Å². The first-order chi connectivity index (χ1) is 11.8. The standard InChI is InChI=1S/C16H17N3O5S/c1-9(2)25(21,22)24-10-4-5-11(13(8-10)23-3)15-17-12-6-7-14(20)18-16(12)19-15/h4-6,8-9H,7H2,1-3H3,(H,17,18,19,20). The molecule has 0 radical (unpaired) electrons. The van der Waals surface area contributed by atoms with Crippen LogP contribution in [0, 0.1) is 0 Å². The molecular formula is C16H17N3O5S. The van der Waals surface area contributed by atoms with Crippen molar-refractivity contribution < 1.29 is 22.1 Å². The van der Waals surface area contributed by atoms with E-state index in [9.17, 15) is 13.2 Å². The van der Waals surface area contributed by atoms with E-state index in [0.717, 1.165) is 0 Å². The van der Waals surface area contributed by atoms with E-state index in [0.29, 0.717) is 28.7 Å². The van der Waals surface area contributed by atoms with Gasteiger partial charge in [0.15, 0.2) is 11.7 Å². The number of rotatable bonds is 5. The summed E-state index contributed by atoms with van der Waals surface area (Å²) in [6, 6.07) is 4.59. The third-order valence-corrected chi connectivity index (χ3v) is 5.21. The molecule has 0 saturated heterocycles. The molecule has 1 aromatic rings. The number of nitrogens with one attached hydrogen (secondary N) is 1. The van der Waals surface area contributed by atoms with Crippen LogP contribution in [0.1, 0.15) is 25.8 Å². The number of aliphatic imine (C=N–C) groups is 2. The minimum absolute atomic E-state index is 0.144. The van der Waals surface area contributed by atoms with Crippen molar-refractivity contribution in [2.24, 2.45) is 9.98 Å². The fourth-order valence-electron chi connectivity index (χ4n) is 2.22. The van der Waals surface area contributed by atoms with Gasteiger partial charge in [-0.1, -0.05) is 0 Å². The monoisotopic (exact) mass is 363 g/mol. The molecule has 0 atom stereocenters. The zero-order chi connectivity index (χ0) is 18.2. The number of hydrogen-bond acceptors (Lipinski definition) is 7. The zero-order valence-corrected chi connectivity index (χ0v) is 14.8. The van der Waals surface area contributed by atoms with Gasteiger partial charge in [0.05, 0.1) is 17.9 Å². The highest BCUT2D eigenvalue weighted by atomic mass is 32.2. The third kappa shape index (κ3) is 3.41. The Balaban J connectivity index is 1.93. The molecule has 1 aromatic carbocycles. The molecule has 2 aliphatic heterocycles. The van der Waals surface area contributed by atoms with Gasteiger partial charge in [-0.15, -0.1) is 0 Å². The van der Waals surface area contributed by atoms with Gasteiger partial charge in [0.25, 0.3) is 0 Å². The molecule has 25 heavy (non-hydrogen) atoms. The summed E-state index contributed by atoms with van der Waals surface area (Å²) in [7, 11) is -2.25. The molecule has 0 aromatic heterocycles. The fraction of sp³-hybridized carbons (Fsp3) is 0.312. The first-order valence-corrected chi connectivity index (χ1v) is 9.07. The van der Waals surface area contributed by atoms with Gasteiger partial charge >= 0.3 is 10.1 Å². The van der Waals surface area contributed by atoms with Crippen LogP contribution in [0.5, 0.6) is 11.5 Å². The van der Waals surface area contributed by atoms with Crippen molar-refractivity contribution in [2.75, 3.05) is 7.11 Å². The summed E-state index contributed by atoms with van der Waals surface area (Å²) in [5.41, 5.74) is 1.16. The van der Waals surface area contributed by atoms with E-state index >= 15 is 0 Å². The second-order valence-corrected chi connectivity index (χ2v) is 7.82. The van der Waals surface area contributed by atoms with Crippen LogP contribution in [0.15, 0.2) is 40.0 Å². The third-order valence-electron chi connectivity index (χ3n) is 3.63. The maximum Gasteiger partial charge on any atom is 0.311 e. The molecule has 0 bridgehead atoms. The maximum atomic E-state index is 11.9. The number of carbonyl (C=O) groups is 1. The Kier molecular flexibility index (Phi) is 4.34. The lowest BCUT2D eigenvalue weighted by molar-refractivity contribution is -0.119. The molecular weight excluding hydrogens is 346 g/mol. The number of nitrogens with zero attached hydrogens (tertiary/aromatic N) is 2. The van der Waals surface area contributed by atoms with Crippen LogP contribution in [0.3, 0.4) is 0 Å². The smallest absolute Gasteiger partial charge is 0.311 e. The van der Waals surface area contributed by atoms with Crippen molar-refractivity contribution in [1.29, 1.82) is 0 Å². The van der Waals surface area contributed by atoms with Crippen LogP contribution in [-0.4, -0.2) is 38.4 Å². The Morgan fingerprint density at radius 2 is 2.00 bits per heavy atom. The van der Waals surface area contributed by atoms with Crippen molar-refractivity contribution in [1.82, 2.24) is 5.32 Å². The predicted octanol–water partition coefficient (Wildman–Crippen LogP) is 1.37. The summed E-state index contributed by atoms with van der Waals surface area (Å²) in [5, 5.41) is 1.99. The number of ether oxygens (including phenoxy) is 1. The van der Waals surface area contributed by atoms with E-state index in [1.807, 2.05) is 0 Å². The van der Waals surface area contributed by atoms with Gasteiger partial charge in [0.2, 0.25) is 5.91 Å². The van der Waals surface area contributed by atoms with Crippen LogP contribution in [0.4, 0.5) is 0 Å². The lowest BCUT2D eigenvalue weighted by atomic mass is 10.2. The summed E-state index contributed by atoms with van der Waals surface area (Å²) in [5.74, 6) is 1.14. The Bertz CT molecular complexity index is 929. The SMILES string of the molecule is COc1cc(OS(=O)(=O)C(C)C)ccc1C1=NC2=CCC(=O)NC2=N1. The zero-order valence-electron chi connectivity index (χ0n) is 13.9. The minimum atomic E-state index is -3.70. The number of amidine groups is 2. The molecule has 9 heteroatoms. The van der Waals surface area contributed by atoms with E-state index in [-0.39, 0.29) is 18.1 Å². The molecule has 0 spiro atoms. The molecule has 2 heterocycles. The highest BCUT2D eigenvalue weighted by Gasteiger charge is 2.25. The Labute approximate surface area is 145 Å². The van der Waals surface area contributed by atoms with Crippen LogP contribution in [0.25, 0.3) is 0 Å². The fourth-order valence-corrected chi connectivity index (χ4v) is 2.79. The van der Waals surface area contributed by atoms with Gasteiger partial charge in [-0.2, -0.15) is 8.42 Å². The molecule has 3 rings (SSSR count). The predicted molar refractivity (Wildman–Crippen MR) is 92.5 cm³/mol. The molecule has 0 aliphatic carbocycles. The first kappa shape index (κ1) is 17.2. The van der Waals surface area contributed by atoms with E-state index in [4.69, 9.17) is 8.92 Å². The molecule has 1 amide bonds. The van der Waals surface area contributed by atoms with Crippen molar-refractivity contribution in [3.8, 4) is 11.5 Å². The average Bonchev–Trinajstić information content (AvgIpc) is 2.96. The highest BCUT2D eigenvalue weighted by Crippen LogP contribution is 2.29. The second kappa shape index (κ2) is 6.32. The van der Waals surface area contributed by atoms with Crippen molar-refractivity contribution in [3.63, 3.8) is 0 Å². The summed E-state index contributed by atoms with van der Waals surface area (Å²) in [4.78, 5) is 20.1. The van der Waals surface area contributed by atoms with Crippen LogP contribution in [0.2, 0.25) is 0 Å². The molecule has 0 unspecified atom stereocenters. The molecule has 2 aliphatic rings. The molecule has 8 nitrogen and oxygen atoms in total. The Morgan fingerprint density at radius 1 is 1.24 bits per heavy atom.